The predicted molar refractivity (Wildman–Crippen MR) is 47.6 cm³/mol. The van der Waals surface area contributed by atoms with Gasteiger partial charge in [-0.1, -0.05) is 6.42 Å². The van der Waals surface area contributed by atoms with Gasteiger partial charge in [-0.05, 0) is 19.3 Å². The topological polar surface area (TPSA) is 77.8 Å². The number of hydrogen-bond acceptors (Lipinski definition) is 3. The van der Waals surface area contributed by atoms with Crippen LogP contribution in [-0.2, 0) is 10.3 Å². The van der Waals surface area contributed by atoms with Gasteiger partial charge in [0.1, 0.15) is 0 Å². The summed E-state index contributed by atoms with van der Waals surface area (Å²) in [6, 6.07) is -0.228. The van der Waals surface area contributed by atoms with Gasteiger partial charge in [-0.3, -0.25) is 4.55 Å². The molecule has 0 aromatic rings. The van der Waals surface area contributed by atoms with E-state index in [2.05, 4.69) is 0 Å². The molecule has 1 fully saturated rings. The second kappa shape index (κ2) is 4.36. The largest absolute Gasteiger partial charge is 0.396 e. The van der Waals surface area contributed by atoms with Crippen molar-refractivity contribution in [2.45, 2.75) is 31.7 Å². The van der Waals surface area contributed by atoms with Gasteiger partial charge < -0.3 is 5.11 Å². The summed E-state index contributed by atoms with van der Waals surface area (Å²) in [4.78, 5) is 0. The lowest BCUT2D eigenvalue weighted by molar-refractivity contribution is 0.182. The van der Waals surface area contributed by atoms with Crippen LogP contribution in [0.4, 0.5) is 0 Å². The van der Waals surface area contributed by atoms with Gasteiger partial charge in [-0.25, -0.2) is 0 Å². The van der Waals surface area contributed by atoms with E-state index in [9.17, 15) is 8.42 Å². The van der Waals surface area contributed by atoms with E-state index in [0.29, 0.717) is 13.0 Å². The first-order chi connectivity index (χ1) is 6.05. The van der Waals surface area contributed by atoms with Gasteiger partial charge in [-0.2, -0.15) is 12.7 Å². The van der Waals surface area contributed by atoms with E-state index in [-0.39, 0.29) is 12.6 Å². The third kappa shape index (κ3) is 2.91. The van der Waals surface area contributed by atoms with Gasteiger partial charge in [0.2, 0.25) is 0 Å². The lowest BCUT2D eigenvalue weighted by Crippen LogP contribution is -2.43. The van der Waals surface area contributed by atoms with Crippen LogP contribution in [0, 0.1) is 0 Å². The fraction of sp³-hybridized carbons (Fsp3) is 1.00. The molecule has 6 heteroatoms. The highest BCUT2D eigenvalue weighted by molar-refractivity contribution is 7.83. The fourth-order valence-electron chi connectivity index (χ4n) is 1.72. The lowest BCUT2D eigenvalue weighted by atomic mass is 10.0. The Morgan fingerprint density at radius 1 is 1.38 bits per heavy atom. The molecule has 1 rings (SSSR count). The molecule has 0 bridgehead atoms. The summed E-state index contributed by atoms with van der Waals surface area (Å²) in [5, 5.41) is 8.70. The summed E-state index contributed by atoms with van der Waals surface area (Å²) in [7, 11) is -4.08. The van der Waals surface area contributed by atoms with E-state index >= 15 is 0 Å². The molecule has 1 unspecified atom stereocenters. The van der Waals surface area contributed by atoms with E-state index < -0.39 is 10.3 Å². The van der Waals surface area contributed by atoms with Crippen LogP contribution < -0.4 is 0 Å². The van der Waals surface area contributed by atoms with Crippen molar-refractivity contribution in [2.75, 3.05) is 13.2 Å². The Kier molecular flexibility index (Phi) is 3.66. The second-order valence-electron chi connectivity index (χ2n) is 3.25. The molecule has 0 spiro atoms. The smallest absolute Gasteiger partial charge is 0.336 e. The maximum absolute atomic E-state index is 10.9. The van der Waals surface area contributed by atoms with Gasteiger partial charge in [0.15, 0.2) is 0 Å². The standard InChI is InChI=1S/C7H15NO4S/c9-6-4-7-3-1-2-5-8(7)13(10,11)12/h7,9H,1-6H2,(H,10,11,12). The predicted octanol–water partition coefficient (Wildman–Crippen LogP) is 0.0261. The van der Waals surface area contributed by atoms with Crippen molar-refractivity contribution < 1.29 is 18.1 Å². The summed E-state index contributed by atoms with van der Waals surface area (Å²) < 4.78 is 31.7. The molecular formula is C7H15NO4S. The highest BCUT2D eigenvalue weighted by Gasteiger charge is 2.30. The average molecular weight is 209 g/mol. The number of nitrogens with zero attached hydrogens (tertiary/aromatic N) is 1. The van der Waals surface area contributed by atoms with Gasteiger partial charge in [0.25, 0.3) is 0 Å². The Morgan fingerprint density at radius 2 is 2.08 bits per heavy atom. The molecule has 0 aliphatic carbocycles. The van der Waals surface area contributed by atoms with Crippen molar-refractivity contribution in [3.63, 3.8) is 0 Å². The first-order valence-corrected chi connectivity index (χ1v) is 5.80. The molecule has 13 heavy (non-hydrogen) atoms. The molecule has 1 aliphatic heterocycles. The fourth-order valence-corrected chi connectivity index (χ4v) is 2.66. The third-order valence-electron chi connectivity index (χ3n) is 2.33. The van der Waals surface area contributed by atoms with E-state index in [1.54, 1.807) is 0 Å². The Bertz CT molecular complexity index is 249. The van der Waals surface area contributed by atoms with Gasteiger partial charge in [-0.15, -0.1) is 0 Å². The normalized spacial score (nSPS) is 26.2. The molecule has 0 aromatic heterocycles. The van der Waals surface area contributed by atoms with E-state index in [4.69, 9.17) is 9.66 Å². The van der Waals surface area contributed by atoms with E-state index in [1.807, 2.05) is 0 Å². The molecule has 0 aromatic carbocycles. The van der Waals surface area contributed by atoms with Crippen molar-refractivity contribution in [3.05, 3.63) is 0 Å². The number of piperidine rings is 1. The zero-order valence-corrected chi connectivity index (χ0v) is 8.20. The molecule has 5 nitrogen and oxygen atoms in total. The van der Waals surface area contributed by atoms with Crippen LogP contribution >= 0.6 is 0 Å². The molecule has 1 aliphatic rings. The van der Waals surface area contributed by atoms with E-state index in [1.165, 1.54) is 0 Å². The van der Waals surface area contributed by atoms with Gasteiger partial charge in [0, 0.05) is 19.2 Å². The van der Waals surface area contributed by atoms with Crippen molar-refractivity contribution in [3.8, 4) is 0 Å². The number of rotatable bonds is 3. The lowest BCUT2D eigenvalue weighted by Gasteiger charge is -2.31. The molecular weight excluding hydrogens is 194 g/mol. The number of aliphatic hydroxyl groups excluding tert-OH is 1. The van der Waals surface area contributed by atoms with E-state index in [0.717, 1.165) is 23.6 Å². The van der Waals surface area contributed by atoms with Gasteiger partial charge in [0.05, 0.1) is 0 Å². The van der Waals surface area contributed by atoms with Crippen LogP contribution in [0.15, 0.2) is 0 Å². The summed E-state index contributed by atoms with van der Waals surface area (Å²) in [6.07, 6.45) is 2.86. The van der Waals surface area contributed by atoms with Crippen LogP contribution in [-0.4, -0.2) is 41.6 Å². The molecule has 1 saturated heterocycles. The number of hydrogen-bond donors (Lipinski definition) is 2. The summed E-state index contributed by atoms with van der Waals surface area (Å²) in [5.74, 6) is 0. The molecule has 78 valence electrons. The molecule has 2 N–H and O–H groups in total. The monoisotopic (exact) mass is 209 g/mol. The summed E-state index contributed by atoms with van der Waals surface area (Å²) in [5.41, 5.74) is 0. The average Bonchev–Trinajstić information content (AvgIpc) is 2.04. The van der Waals surface area contributed by atoms with Crippen molar-refractivity contribution in [1.82, 2.24) is 4.31 Å². The molecule has 0 radical (unpaired) electrons. The maximum Gasteiger partial charge on any atom is 0.336 e. The molecule has 1 heterocycles. The molecule has 1 atom stereocenters. The zero-order chi connectivity index (χ0) is 9.90. The minimum atomic E-state index is -4.08. The number of aliphatic hydroxyl groups is 1. The SMILES string of the molecule is O=S(=O)(O)N1CCCCC1CCO. The van der Waals surface area contributed by atoms with Crippen LogP contribution in [0.5, 0.6) is 0 Å². The first-order valence-electron chi connectivity index (χ1n) is 4.41. The van der Waals surface area contributed by atoms with Crippen LogP contribution in [0.25, 0.3) is 0 Å². The van der Waals surface area contributed by atoms with Crippen LogP contribution in [0.2, 0.25) is 0 Å². The summed E-state index contributed by atoms with van der Waals surface area (Å²) in [6.45, 7) is 0.320. The minimum Gasteiger partial charge on any atom is -0.396 e. The molecule has 0 amide bonds. The second-order valence-corrected chi connectivity index (χ2v) is 4.62. The first kappa shape index (κ1) is 10.9. The Hall–Kier alpha value is -0.170. The minimum absolute atomic E-state index is 0.0450. The highest BCUT2D eigenvalue weighted by atomic mass is 32.2. The van der Waals surface area contributed by atoms with Crippen LogP contribution in [0.1, 0.15) is 25.7 Å². The van der Waals surface area contributed by atoms with Gasteiger partial charge >= 0.3 is 10.3 Å². The quantitative estimate of drug-likeness (QED) is 0.643. The zero-order valence-electron chi connectivity index (χ0n) is 7.39. The van der Waals surface area contributed by atoms with Crippen LogP contribution in [0.3, 0.4) is 0 Å². The Labute approximate surface area is 78.2 Å². The Balaban J connectivity index is 2.67. The van der Waals surface area contributed by atoms with Crippen molar-refractivity contribution in [1.29, 1.82) is 0 Å². The van der Waals surface area contributed by atoms with Crippen molar-refractivity contribution >= 4 is 10.3 Å². The maximum atomic E-state index is 10.9. The van der Waals surface area contributed by atoms with Crippen molar-refractivity contribution in [2.24, 2.45) is 0 Å². The third-order valence-corrected chi connectivity index (χ3v) is 3.41. The Morgan fingerprint density at radius 3 is 2.62 bits per heavy atom. The summed E-state index contributed by atoms with van der Waals surface area (Å²) >= 11 is 0. The highest BCUT2D eigenvalue weighted by Crippen LogP contribution is 2.21. The molecule has 0 saturated carbocycles.